The molecule has 0 aliphatic carbocycles. The van der Waals surface area contributed by atoms with Gasteiger partial charge in [-0.2, -0.15) is 0 Å². The van der Waals surface area contributed by atoms with Gasteiger partial charge < -0.3 is 19.8 Å². The monoisotopic (exact) mass is 351 g/mol. The van der Waals surface area contributed by atoms with Gasteiger partial charge in [0.2, 0.25) is 0 Å². The molecule has 0 saturated heterocycles. The van der Waals surface area contributed by atoms with Crippen LogP contribution in [0.4, 0.5) is 10.9 Å². The fourth-order valence-electron chi connectivity index (χ4n) is 2.45. The number of nitrogens with one attached hydrogen (secondary N) is 2. The number of hydrogen-bond acceptors (Lipinski definition) is 8. The number of furan rings is 1. The number of anilines is 1. The molecule has 0 radical (unpaired) electrons. The number of methoxy groups -OCH3 is 1. The molecule has 2 aromatic heterocycles. The van der Waals surface area contributed by atoms with Gasteiger partial charge in [-0.05, 0) is 24.6 Å². The zero-order chi connectivity index (χ0) is 17.3. The van der Waals surface area contributed by atoms with Gasteiger partial charge in [-0.3, -0.25) is 14.9 Å². The molecule has 2 aromatic rings. The summed E-state index contributed by atoms with van der Waals surface area (Å²) in [6, 6.07) is 2.31. The molecule has 0 spiro atoms. The highest BCUT2D eigenvalue weighted by Crippen LogP contribution is 2.36. The van der Waals surface area contributed by atoms with Crippen molar-refractivity contribution >= 4 is 34.1 Å². The van der Waals surface area contributed by atoms with Crippen molar-refractivity contribution in [2.75, 3.05) is 19.0 Å². The van der Waals surface area contributed by atoms with E-state index in [2.05, 4.69) is 10.6 Å². The number of rotatable bonds is 4. The van der Waals surface area contributed by atoms with E-state index in [1.807, 2.05) is 0 Å². The van der Waals surface area contributed by atoms with Crippen molar-refractivity contribution in [3.05, 3.63) is 44.0 Å². The molecule has 1 aliphatic heterocycles. The lowest BCUT2D eigenvalue weighted by Gasteiger charge is -2.13. The largest absolute Gasteiger partial charge is 0.465 e. The summed E-state index contributed by atoms with van der Waals surface area (Å²) >= 11 is 1.27. The summed E-state index contributed by atoms with van der Waals surface area (Å²) in [5.74, 6) is -1.93. The van der Waals surface area contributed by atoms with Gasteiger partial charge >= 0.3 is 11.9 Å². The van der Waals surface area contributed by atoms with Gasteiger partial charge in [0, 0.05) is 11.4 Å². The van der Waals surface area contributed by atoms with Crippen molar-refractivity contribution in [2.45, 2.75) is 13.0 Å². The molecule has 126 valence electrons. The average Bonchev–Trinajstić information content (AvgIpc) is 3.18. The number of nitro groups is 1. The minimum atomic E-state index is -0.730. The molecular formula is C14H13N3O6S. The van der Waals surface area contributed by atoms with Crippen LogP contribution in [0.25, 0.3) is 0 Å². The van der Waals surface area contributed by atoms with Gasteiger partial charge in [0.1, 0.15) is 9.92 Å². The number of esters is 1. The van der Waals surface area contributed by atoms with E-state index in [0.29, 0.717) is 23.5 Å². The third-order valence-corrected chi connectivity index (χ3v) is 4.69. The van der Waals surface area contributed by atoms with Crippen LogP contribution in [0.2, 0.25) is 0 Å². The van der Waals surface area contributed by atoms with Gasteiger partial charge in [0.25, 0.3) is 5.91 Å². The molecule has 24 heavy (non-hydrogen) atoms. The maximum Gasteiger partial charge on any atom is 0.433 e. The zero-order valence-corrected chi connectivity index (χ0v) is 13.4. The average molecular weight is 351 g/mol. The van der Waals surface area contributed by atoms with Crippen LogP contribution >= 0.6 is 11.3 Å². The lowest BCUT2D eigenvalue weighted by molar-refractivity contribution is -0.402. The molecule has 0 unspecified atom stereocenters. The first kappa shape index (κ1) is 16.1. The maximum absolute atomic E-state index is 12.2. The molecule has 0 saturated carbocycles. The Morgan fingerprint density at radius 3 is 2.92 bits per heavy atom. The van der Waals surface area contributed by atoms with Gasteiger partial charge in [0.15, 0.2) is 5.76 Å². The molecule has 0 fully saturated rings. The van der Waals surface area contributed by atoms with E-state index < -0.39 is 22.7 Å². The van der Waals surface area contributed by atoms with Crippen LogP contribution < -0.4 is 10.6 Å². The maximum atomic E-state index is 12.2. The van der Waals surface area contributed by atoms with E-state index in [-0.39, 0.29) is 5.76 Å². The summed E-state index contributed by atoms with van der Waals surface area (Å²) in [4.78, 5) is 35.2. The molecule has 3 heterocycles. The second-order valence-corrected chi connectivity index (χ2v) is 6.08. The van der Waals surface area contributed by atoms with Gasteiger partial charge in [0.05, 0.1) is 18.7 Å². The zero-order valence-electron chi connectivity index (χ0n) is 12.6. The molecule has 3 rings (SSSR count). The summed E-state index contributed by atoms with van der Waals surface area (Å²) in [5, 5.41) is 16.7. The van der Waals surface area contributed by atoms with Crippen LogP contribution in [-0.2, 0) is 17.7 Å². The van der Waals surface area contributed by atoms with E-state index in [1.54, 1.807) is 0 Å². The van der Waals surface area contributed by atoms with Crippen LogP contribution in [0.5, 0.6) is 0 Å². The number of carbonyl (C=O) groups is 2. The van der Waals surface area contributed by atoms with Crippen LogP contribution in [0.15, 0.2) is 16.5 Å². The summed E-state index contributed by atoms with van der Waals surface area (Å²) < 4.78 is 9.68. The van der Waals surface area contributed by atoms with Gasteiger partial charge in [-0.15, -0.1) is 11.3 Å². The quantitative estimate of drug-likeness (QED) is 0.490. The molecular weight excluding hydrogens is 338 g/mol. The predicted octanol–water partition coefficient (Wildman–Crippen LogP) is 1.93. The predicted molar refractivity (Wildman–Crippen MR) is 84.4 cm³/mol. The molecule has 2 N–H and O–H groups in total. The fourth-order valence-corrected chi connectivity index (χ4v) is 3.65. The van der Waals surface area contributed by atoms with Gasteiger partial charge in [-0.1, -0.05) is 0 Å². The third-order valence-electron chi connectivity index (χ3n) is 3.54. The van der Waals surface area contributed by atoms with Gasteiger partial charge in [-0.25, -0.2) is 4.79 Å². The second kappa shape index (κ2) is 6.42. The summed E-state index contributed by atoms with van der Waals surface area (Å²) in [7, 11) is 1.27. The van der Waals surface area contributed by atoms with E-state index >= 15 is 0 Å². The first-order chi connectivity index (χ1) is 11.5. The number of amides is 1. The van der Waals surface area contributed by atoms with Crippen LogP contribution in [0, 0.1) is 10.1 Å². The number of thiophene rings is 1. The second-order valence-electron chi connectivity index (χ2n) is 4.98. The topological polar surface area (TPSA) is 124 Å². The highest BCUT2D eigenvalue weighted by Gasteiger charge is 2.28. The van der Waals surface area contributed by atoms with E-state index in [1.165, 1.54) is 24.5 Å². The molecule has 0 atom stereocenters. The summed E-state index contributed by atoms with van der Waals surface area (Å²) in [6.45, 7) is 1.33. The minimum Gasteiger partial charge on any atom is -0.465 e. The minimum absolute atomic E-state index is 0.206. The molecule has 1 amide bonds. The summed E-state index contributed by atoms with van der Waals surface area (Å²) in [6.07, 6.45) is 0.651. The number of ether oxygens (including phenoxy) is 1. The highest BCUT2D eigenvalue weighted by atomic mass is 32.1. The molecule has 1 aliphatic rings. The SMILES string of the molecule is COC(=O)c1c(NC(=O)c2ccc([N+](=O)[O-])o2)sc2c1CCNC2. The van der Waals surface area contributed by atoms with Crippen molar-refractivity contribution in [1.29, 1.82) is 0 Å². The number of fused-ring (bicyclic) bond motifs is 1. The fraction of sp³-hybridized carbons (Fsp3) is 0.286. The normalized spacial score (nSPS) is 13.2. The van der Waals surface area contributed by atoms with E-state index in [0.717, 1.165) is 23.1 Å². The Morgan fingerprint density at radius 1 is 1.46 bits per heavy atom. The lowest BCUT2D eigenvalue weighted by atomic mass is 10.0. The van der Waals surface area contributed by atoms with Crippen molar-refractivity contribution in [3.63, 3.8) is 0 Å². The number of hydrogen-bond donors (Lipinski definition) is 2. The first-order valence-electron chi connectivity index (χ1n) is 7.00. The standard InChI is InChI=1S/C14H13N3O6S/c1-22-14(19)11-7-4-5-15-6-9(7)24-13(11)16-12(18)8-2-3-10(23-8)17(20)21/h2-3,15H,4-6H2,1H3,(H,16,18). The highest BCUT2D eigenvalue weighted by molar-refractivity contribution is 7.17. The lowest BCUT2D eigenvalue weighted by Crippen LogP contribution is -2.23. The van der Waals surface area contributed by atoms with Crippen molar-refractivity contribution in [1.82, 2.24) is 5.32 Å². The molecule has 9 nitrogen and oxygen atoms in total. The van der Waals surface area contributed by atoms with Crippen LogP contribution in [-0.4, -0.2) is 30.5 Å². The number of nitrogens with zero attached hydrogens (tertiary/aromatic N) is 1. The molecule has 0 bridgehead atoms. The van der Waals surface area contributed by atoms with Crippen molar-refractivity contribution < 1.29 is 23.7 Å². The summed E-state index contributed by atoms with van der Waals surface area (Å²) in [5.41, 5.74) is 1.18. The Bertz CT molecular complexity index is 825. The first-order valence-corrected chi connectivity index (χ1v) is 7.82. The Labute approximate surface area is 139 Å². The molecule has 10 heteroatoms. The van der Waals surface area contributed by atoms with E-state index in [4.69, 9.17) is 9.15 Å². The Kier molecular flexibility index (Phi) is 4.32. The van der Waals surface area contributed by atoms with Crippen LogP contribution in [0.3, 0.4) is 0 Å². The number of carbonyl (C=O) groups excluding carboxylic acids is 2. The Balaban J connectivity index is 1.91. The van der Waals surface area contributed by atoms with E-state index in [9.17, 15) is 19.7 Å². The van der Waals surface area contributed by atoms with Crippen LogP contribution in [0.1, 0.15) is 31.4 Å². The molecule has 0 aromatic carbocycles. The Hall–Kier alpha value is -2.72. The van der Waals surface area contributed by atoms with Crippen molar-refractivity contribution in [2.24, 2.45) is 0 Å². The van der Waals surface area contributed by atoms with Crippen molar-refractivity contribution in [3.8, 4) is 0 Å². The Morgan fingerprint density at radius 2 is 2.25 bits per heavy atom. The smallest absolute Gasteiger partial charge is 0.433 e. The third kappa shape index (κ3) is 2.88.